The van der Waals surface area contributed by atoms with Crippen molar-refractivity contribution in [2.24, 2.45) is 0 Å². The molecule has 9 heteroatoms. The number of halogens is 1. The third-order valence-corrected chi connectivity index (χ3v) is 5.45. The number of anilines is 3. The fraction of sp³-hybridized carbons (Fsp3) is 0.227. The molecule has 2 fully saturated rings. The van der Waals surface area contributed by atoms with Gasteiger partial charge >= 0.3 is 0 Å². The molecule has 1 aliphatic carbocycles. The highest BCUT2D eigenvalue weighted by atomic mass is 35.5. The number of benzene rings is 1. The second-order valence-corrected chi connectivity index (χ2v) is 8.06. The molecule has 3 aromatic rings. The number of nitrogens with zero attached hydrogens (tertiary/aromatic N) is 3. The first-order valence-corrected chi connectivity index (χ1v) is 10.3. The van der Waals surface area contributed by atoms with Gasteiger partial charge in [-0.05, 0) is 42.7 Å². The Balaban J connectivity index is 1.59. The molecule has 5 rings (SSSR count). The molecule has 31 heavy (non-hydrogen) atoms. The van der Waals surface area contributed by atoms with Crippen LogP contribution < -0.4 is 20.7 Å². The van der Waals surface area contributed by atoms with E-state index in [0.29, 0.717) is 46.1 Å². The molecule has 1 saturated heterocycles. The van der Waals surface area contributed by atoms with Crippen molar-refractivity contribution in [3.05, 3.63) is 58.9 Å². The van der Waals surface area contributed by atoms with Gasteiger partial charge in [0.25, 0.3) is 0 Å². The van der Waals surface area contributed by atoms with Crippen LogP contribution in [-0.4, -0.2) is 33.7 Å². The number of ether oxygens (including phenoxy) is 1. The van der Waals surface area contributed by atoms with Crippen molar-refractivity contribution in [3.8, 4) is 5.75 Å². The third-order valence-electron chi connectivity index (χ3n) is 5.21. The summed E-state index contributed by atoms with van der Waals surface area (Å²) in [5, 5.41) is 14.7. The topological polar surface area (TPSA) is 92.6 Å². The zero-order valence-corrected chi connectivity index (χ0v) is 17.7. The third kappa shape index (κ3) is 3.94. The molecule has 1 aliphatic heterocycles. The quantitative estimate of drug-likeness (QED) is 0.538. The van der Waals surface area contributed by atoms with Gasteiger partial charge in [-0.25, -0.2) is 4.98 Å². The van der Waals surface area contributed by atoms with Gasteiger partial charge in [-0.15, -0.1) is 0 Å². The summed E-state index contributed by atoms with van der Waals surface area (Å²) in [6.45, 7) is 3.91. The van der Waals surface area contributed by atoms with Gasteiger partial charge < -0.3 is 20.7 Å². The van der Waals surface area contributed by atoms with Crippen LogP contribution in [0.15, 0.2) is 48.3 Å². The second kappa shape index (κ2) is 7.63. The Hall–Kier alpha value is -3.52. The van der Waals surface area contributed by atoms with E-state index in [4.69, 9.17) is 21.3 Å². The average Bonchev–Trinajstić information content (AvgIpc) is 3.37. The fourth-order valence-corrected chi connectivity index (χ4v) is 3.67. The largest absolute Gasteiger partial charge is 0.495 e. The van der Waals surface area contributed by atoms with Crippen molar-refractivity contribution >= 4 is 46.6 Å². The van der Waals surface area contributed by atoms with Crippen molar-refractivity contribution in [2.75, 3.05) is 17.7 Å². The molecule has 2 aliphatic rings. The SMILES string of the molecule is C=C1NC(=O)C/C1=C\c1cnn2c(NC3CC3)cc(Nc3cc(Cl)ccc3OC)nc12. The average molecular weight is 437 g/mol. The van der Waals surface area contributed by atoms with Crippen molar-refractivity contribution in [3.63, 3.8) is 0 Å². The Morgan fingerprint density at radius 1 is 1.35 bits per heavy atom. The predicted octanol–water partition coefficient (Wildman–Crippen LogP) is 4.13. The highest BCUT2D eigenvalue weighted by Gasteiger charge is 2.24. The van der Waals surface area contributed by atoms with Crippen LogP contribution in [0, 0.1) is 0 Å². The van der Waals surface area contributed by atoms with Crippen LogP contribution in [0.2, 0.25) is 5.02 Å². The van der Waals surface area contributed by atoms with E-state index in [2.05, 4.69) is 27.6 Å². The first kappa shape index (κ1) is 19.4. The highest BCUT2D eigenvalue weighted by Crippen LogP contribution is 2.33. The van der Waals surface area contributed by atoms with Gasteiger partial charge in [0.05, 0.1) is 25.4 Å². The van der Waals surface area contributed by atoms with Crippen LogP contribution in [0.1, 0.15) is 24.8 Å². The van der Waals surface area contributed by atoms with Gasteiger partial charge in [0.2, 0.25) is 5.91 Å². The molecule has 0 atom stereocenters. The molecule has 0 bridgehead atoms. The van der Waals surface area contributed by atoms with E-state index in [1.54, 1.807) is 36.0 Å². The number of fused-ring (bicyclic) bond motifs is 1. The number of carbonyl (C=O) groups excluding carboxylic acids is 1. The smallest absolute Gasteiger partial charge is 0.228 e. The molecule has 158 valence electrons. The van der Waals surface area contributed by atoms with E-state index in [0.717, 1.165) is 29.8 Å². The predicted molar refractivity (Wildman–Crippen MR) is 121 cm³/mol. The number of carbonyl (C=O) groups is 1. The van der Waals surface area contributed by atoms with Crippen LogP contribution in [-0.2, 0) is 4.79 Å². The molecule has 1 aromatic carbocycles. The van der Waals surface area contributed by atoms with E-state index >= 15 is 0 Å². The van der Waals surface area contributed by atoms with Crippen molar-refractivity contribution < 1.29 is 9.53 Å². The Kier molecular flexibility index (Phi) is 4.78. The molecule has 8 nitrogen and oxygen atoms in total. The van der Waals surface area contributed by atoms with Crippen LogP contribution in [0.3, 0.4) is 0 Å². The standard InChI is InChI=1S/C22H21ClN6O2/c1-12-13(8-21(30)25-12)7-14-11-24-29-20(26-16-4-5-16)10-19(28-22(14)29)27-17-9-15(23)3-6-18(17)31-2/h3,6-7,9-11,16,26H,1,4-5,8H2,2H3,(H,25,30)(H,27,28)/b13-7+. The zero-order valence-electron chi connectivity index (χ0n) is 16.9. The molecular formula is C22H21ClN6O2. The normalized spacial score (nSPS) is 17.3. The van der Waals surface area contributed by atoms with Crippen molar-refractivity contribution in [1.29, 1.82) is 0 Å². The van der Waals surface area contributed by atoms with E-state index in [1.807, 2.05) is 12.1 Å². The summed E-state index contributed by atoms with van der Waals surface area (Å²) in [6.07, 6.45) is 6.19. The fourth-order valence-electron chi connectivity index (χ4n) is 3.50. The molecule has 0 unspecified atom stereocenters. The lowest BCUT2D eigenvalue weighted by Gasteiger charge is -2.14. The van der Waals surface area contributed by atoms with Crippen LogP contribution >= 0.6 is 11.6 Å². The minimum absolute atomic E-state index is 0.0628. The molecule has 0 spiro atoms. The molecule has 1 saturated carbocycles. The summed E-state index contributed by atoms with van der Waals surface area (Å²) in [5.74, 6) is 2.05. The lowest BCUT2D eigenvalue weighted by molar-refractivity contribution is -0.118. The second-order valence-electron chi connectivity index (χ2n) is 7.62. The molecule has 2 aromatic heterocycles. The number of hydrogen-bond acceptors (Lipinski definition) is 6. The number of amides is 1. The summed E-state index contributed by atoms with van der Waals surface area (Å²) in [7, 11) is 1.61. The molecule has 3 N–H and O–H groups in total. The molecule has 0 radical (unpaired) electrons. The van der Waals surface area contributed by atoms with Crippen LogP contribution in [0.25, 0.3) is 11.7 Å². The van der Waals surface area contributed by atoms with E-state index in [1.165, 1.54) is 0 Å². The Morgan fingerprint density at radius 2 is 2.19 bits per heavy atom. The first-order valence-electron chi connectivity index (χ1n) is 9.96. The number of allylic oxidation sites excluding steroid dienone is 1. The van der Waals surface area contributed by atoms with Gasteiger partial charge in [0, 0.05) is 28.4 Å². The number of methoxy groups -OCH3 is 1. The summed E-state index contributed by atoms with van der Waals surface area (Å²) in [5.41, 5.74) is 3.61. The maximum atomic E-state index is 11.7. The van der Waals surface area contributed by atoms with Crippen molar-refractivity contribution in [1.82, 2.24) is 19.9 Å². The summed E-state index contributed by atoms with van der Waals surface area (Å²) < 4.78 is 7.22. The van der Waals surface area contributed by atoms with Crippen LogP contribution in [0.4, 0.5) is 17.3 Å². The zero-order chi connectivity index (χ0) is 21.5. The minimum Gasteiger partial charge on any atom is -0.495 e. The number of nitrogens with one attached hydrogen (secondary N) is 3. The minimum atomic E-state index is -0.0628. The van der Waals surface area contributed by atoms with Crippen molar-refractivity contribution in [2.45, 2.75) is 25.3 Å². The van der Waals surface area contributed by atoms with Gasteiger partial charge in [0.1, 0.15) is 17.4 Å². The van der Waals surface area contributed by atoms with Gasteiger partial charge in [-0.3, -0.25) is 4.79 Å². The van der Waals surface area contributed by atoms with E-state index in [9.17, 15) is 4.79 Å². The van der Waals surface area contributed by atoms with Crippen LogP contribution in [0.5, 0.6) is 5.75 Å². The summed E-state index contributed by atoms with van der Waals surface area (Å²) in [4.78, 5) is 16.5. The van der Waals surface area contributed by atoms with Gasteiger partial charge in [-0.1, -0.05) is 18.2 Å². The maximum Gasteiger partial charge on any atom is 0.228 e. The molecule has 1 amide bonds. The summed E-state index contributed by atoms with van der Waals surface area (Å²) in [6, 6.07) is 7.71. The maximum absolute atomic E-state index is 11.7. The molecule has 3 heterocycles. The number of rotatable bonds is 6. The lowest BCUT2D eigenvalue weighted by atomic mass is 10.1. The Morgan fingerprint density at radius 3 is 2.90 bits per heavy atom. The Bertz CT molecular complexity index is 1240. The number of aromatic nitrogens is 3. The lowest BCUT2D eigenvalue weighted by Crippen LogP contribution is -2.10. The Labute approximate surface area is 184 Å². The highest BCUT2D eigenvalue weighted by molar-refractivity contribution is 6.31. The van der Waals surface area contributed by atoms with Gasteiger partial charge in [0.15, 0.2) is 5.65 Å². The van der Waals surface area contributed by atoms with E-state index < -0.39 is 0 Å². The summed E-state index contributed by atoms with van der Waals surface area (Å²) >= 11 is 6.18. The monoisotopic (exact) mass is 436 g/mol. The van der Waals surface area contributed by atoms with Gasteiger partial charge in [-0.2, -0.15) is 9.61 Å². The van der Waals surface area contributed by atoms with E-state index in [-0.39, 0.29) is 5.91 Å². The molecular weight excluding hydrogens is 416 g/mol. The number of hydrogen-bond donors (Lipinski definition) is 3. The first-order chi connectivity index (χ1) is 15.0.